The maximum atomic E-state index is 12.5. The van der Waals surface area contributed by atoms with Gasteiger partial charge in [-0.15, -0.1) is 0 Å². The Morgan fingerprint density at radius 3 is 2.56 bits per heavy atom. The van der Waals surface area contributed by atoms with E-state index in [0.717, 1.165) is 25.3 Å². The summed E-state index contributed by atoms with van der Waals surface area (Å²) in [4.78, 5) is 12.5. The second kappa shape index (κ2) is 6.18. The third-order valence-electron chi connectivity index (χ3n) is 5.51. The van der Waals surface area contributed by atoms with Crippen molar-refractivity contribution >= 4 is 24.2 Å². The van der Waals surface area contributed by atoms with Crippen LogP contribution in [0.5, 0.6) is 0 Å². The van der Waals surface area contributed by atoms with Crippen LogP contribution in [0, 0.1) is 0 Å². The summed E-state index contributed by atoms with van der Waals surface area (Å²) >= 11 is 0. The lowest BCUT2D eigenvalue weighted by Gasteiger charge is -2.32. The minimum absolute atomic E-state index is 0.237. The summed E-state index contributed by atoms with van der Waals surface area (Å²) in [6.45, 7) is 10.4. The number of aryl methyl sites for hydroxylation is 1. The van der Waals surface area contributed by atoms with Gasteiger partial charge >= 0.3 is 7.12 Å². The van der Waals surface area contributed by atoms with E-state index < -0.39 is 18.3 Å². The van der Waals surface area contributed by atoms with Crippen molar-refractivity contribution in [3.63, 3.8) is 0 Å². The topological polar surface area (TPSA) is 95.2 Å². The van der Waals surface area contributed by atoms with Crippen LogP contribution < -0.4 is 21.8 Å². The first-order chi connectivity index (χ1) is 12.7. The average molecular weight is 372 g/mol. The van der Waals surface area contributed by atoms with Crippen LogP contribution in [0.1, 0.15) is 33.4 Å². The molecule has 27 heavy (non-hydrogen) atoms. The summed E-state index contributed by atoms with van der Waals surface area (Å²) in [5, 5.41) is 15.3. The van der Waals surface area contributed by atoms with Crippen molar-refractivity contribution < 1.29 is 9.31 Å². The molecule has 2 aliphatic heterocycles. The number of rotatable bonds is 3. The van der Waals surface area contributed by atoms with E-state index in [2.05, 4.69) is 20.8 Å². The SMILES string of the molecule is Cn1nc(B2OC(C)(C)C(C)(C)O2)cc(Nc2cc3n(n2)CCNC3)c1=O. The number of fused-ring (bicyclic) bond motifs is 1. The third kappa shape index (κ3) is 3.17. The lowest BCUT2D eigenvalue weighted by atomic mass is 9.84. The van der Waals surface area contributed by atoms with E-state index in [1.165, 1.54) is 4.68 Å². The van der Waals surface area contributed by atoms with Gasteiger partial charge in [0.05, 0.1) is 29.0 Å². The largest absolute Gasteiger partial charge is 0.516 e. The zero-order valence-electron chi connectivity index (χ0n) is 16.4. The Kier molecular flexibility index (Phi) is 4.17. The summed E-state index contributed by atoms with van der Waals surface area (Å²) in [5.74, 6) is 0.636. The fourth-order valence-corrected chi connectivity index (χ4v) is 3.19. The molecule has 0 radical (unpaired) electrons. The van der Waals surface area contributed by atoms with Gasteiger partial charge in [-0.1, -0.05) is 0 Å². The van der Waals surface area contributed by atoms with Gasteiger partial charge in [0.2, 0.25) is 0 Å². The average Bonchev–Trinajstić information content (AvgIpc) is 3.08. The van der Waals surface area contributed by atoms with Gasteiger partial charge in [-0.05, 0) is 33.8 Å². The highest BCUT2D eigenvalue weighted by atomic mass is 16.7. The summed E-state index contributed by atoms with van der Waals surface area (Å²) in [7, 11) is 0.978. The van der Waals surface area contributed by atoms with Crippen LogP contribution in [0.2, 0.25) is 0 Å². The van der Waals surface area contributed by atoms with Crippen LogP contribution in [0.15, 0.2) is 16.9 Å². The fourth-order valence-electron chi connectivity index (χ4n) is 3.19. The molecule has 0 bridgehead atoms. The van der Waals surface area contributed by atoms with E-state index in [0.29, 0.717) is 17.1 Å². The second-order valence-electron chi connectivity index (χ2n) is 8.05. The van der Waals surface area contributed by atoms with Gasteiger partial charge < -0.3 is 19.9 Å². The quantitative estimate of drug-likeness (QED) is 0.739. The normalized spacial score (nSPS) is 20.6. The molecular weight excluding hydrogens is 347 g/mol. The lowest BCUT2D eigenvalue weighted by molar-refractivity contribution is 0.00578. The minimum Gasteiger partial charge on any atom is -0.398 e. The molecule has 0 aromatic carbocycles. The third-order valence-corrected chi connectivity index (χ3v) is 5.51. The van der Waals surface area contributed by atoms with Gasteiger partial charge in [0, 0.05) is 26.2 Å². The molecule has 2 aromatic heterocycles. The van der Waals surface area contributed by atoms with Crippen molar-refractivity contribution in [1.82, 2.24) is 24.9 Å². The summed E-state index contributed by atoms with van der Waals surface area (Å²) in [6.07, 6.45) is 0. The number of anilines is 2. The van der Waals surface area contributed by atoms with Crippen molar-refractivity contribution in [2.45, 2.75) is 52.0 Å². The van der Waals surface area contributed by atoms with E-state index in [1.807, 2.05) is 38.4 Å². The van der Waals surface area contributed by atoms with Crippen molar-refractivity contribution in [2.75, 3.05) is 11.9 Å². The minimum atomic E-state index is -0.637. The Labute approximate surface area is 158 Å². The molecule has 0 spiro atoms. The van der Waals surface area contributed by atoms with Crippen molar-refractivity contribution in [1.29, 1.82) is 0 Å². The molecule has 2 aromatic rings. The molecule has 1 saturated heterocycles. The van der Waals surface area contributed by atoms with Gasteiger partial charge in [0.15, 0.2) is 5.82 Å². The molecule has 9 nitrogen and oxygen atoms in total. The number of nitrogens with zero attached hydrogens (tertiary/aromatic N) is 4. The highest BCUT2D eigenvalue weighted by Gasteiger charge is 2.52. The molecule has 2 N–H and O–H groups in total. The monoisotopic (exact) mass is 372 g/mol. The van der Waals surface area contributed by atoms with Gasteiger partial charge in [0.25, 0.3) is 5.56 Å². The number of hydrogen-bond acceptors (Lipinski definition) is 7. The van der Waals surface area contributed by atoms with E-state index in [4.69, 9.17) is 9.31 Å². The molecule has 2 aliphatic rings. The molecule has 0 amide bonds. The van der Waals surface area contributed by atoms with Crippen molar-refractivity contribution in [3.05, 3.63) is 28.2 Å². The fraction of sp³-hybridized carbons (Fsp3) is 0.588. The van der Waals surface area contributed by atoms with E-state index in [1.54, 1.807) is 13.1 Å². The predicted molar refractivity (Wildman–Crippen MR) is 102 cm³/mol. The molecule has 4 rings (SSSR count). The maximum Gasteiger partial charge on any atom is 0.516 e. The van der Waals surface area contributed by atoms with Gasteiger partial charge in [-0.3, -0.25) is 9.48 Å². The molecule has 0 unspecified atom stereocenters. The number of aromatic nitrogens is 4. The standard InChI is InChI=1S/C17H25BN6O3/c1-16(2)17(3,4)27-18(26-16)13-9-12(15(25)23(5)21-13)20-14-8-11-10-19-6-7-24(11)22-14/h8-9,19H,6-7,10H2,1-5H3,(H,20,22). The highest BCUT2D eigenvalue weighted by Crippen LogP contribution is 2.36. The molecule has 10 heteroatoms. The molecule has 4 heterocycles. The van der Waals surface area contributed by atoms with Gasteiger partial charge in [-0.25, -0.2) is 4.68 Å². The van der Waals surface area contributed by atoms with Gasteiger partial charge in [-0.2, -0.15) is 10.2 Å². The Morgan fingerprint density at radius 2 is 1.89 bits per heavy atom. The predicted octanol–water partition coefficient (Wildman–Crippen LogP) is 0.123. The number of nitrogens with one attached hydrogen (secondary N) is 2. The maximum absolute atomic E-state index is 12.5. The van der Waals surface area contributed by atoms with Crippen molar-refractivity contribution in [2.24, 2.45) is 7.05 Å². The van der Waals surface area contributed by atoms with Crippen LogP contribution in [-0.4, -0.2) is 44.4 Å². The van der Waals surface area contributed by atoms with Gasteiger partial charge in [0.1, 0.15) is 5.69 Å². The molecule has 0 atom stereocenters. The van der Waals surface area contributed by atoms with Crippen LogP contribution in [0.4, 0.5) is 11.5 Å². The molecule has 0 aliphatic carbocycles. The molecule has 0 saturated carbocycles. The lowest BCUT2D eigenvalue weighted by Crippen LogP contribution is -2.41. The van der Waals surface area contributed by atoms with E-state index in [9.17, 15) is 4.79 Å². The molecular formula is C17H25BN6O3. The zero-order chi connectivity index (χ0) is 19.4. The summed E-state index contributed by atoms with van der Waals surface area (Å²) in [6, 6.07) is 3.63. The molecule has 1 fully saturated rings. The van der Waals surface area contributed by atoms with E-state index >= 15 is 0 Å². The van der Waals surface area contributed by atoms with Crippen LogP contribution in [0.25, 0.3) is 0 Å². The van der Waals surface area contributed by atoms with Crippen molar-refractivity contribution in [3.8, 4) is 0 Å². The molecule has 144 valence electrons. The first kappa shape index (κ1) is 18.2. The van der Waals surface area contributed by atoms with Crippen LogP contribution in [-0.2, 0) is 29.4 Å². The Balaban J connectivity index is 1.64. The highest BCUT2D eigenvalue weighted by molar-refractivity contribution is 6.61. The van der Waals surface area contributed by atoms with E-state index in [-0.39, 0.29) is 5.56 Å². The first-order valence-corrected chi connectivity index (χ1v) is 9.15. The summed E-state index contributed by atoms with van der Waals surface area (Å²) < 4.78 is 15.4. The van der Waals surface area contributed by atoms with Crippen LogP contribution in [0.3, 0.4) is 0 Å². The Bertz CT molecular complexity index is 896. The Hall–Kier alpha value is -2.17. The first-order valence-electron chi connectivity index (χ1n) is 9.15. The summed E-state index contributed by atoms with van der Waals surface area (Å²) in [5.41, 5.74) is 0.833. The second-order valence-corrected chi connectivity index (χ2v) is 8.05. The Morgan fingerprint density at radius 1 is 1.19 bits per heavy atom. The van der Waals surface area contributed by atoms with Crippen LogP contribution >= 0.6 is 0 Å². The zero-order valence-corrected chi connectivity index (χ0v) is 16.4. The number of hydrogen-bond donors (Lipinski definition) is 2. The smallest absolute Gasteiger partial charge is 0.398 e.